The van der Waals surface area contributed by atoms with Gasteiger partial charge in [0.25, 0.3) is 0 Å². The largest absolute Gasteiger partial charge is 0.367 e. The summed E-state index contributed by atoms with van der Waals surface area (Å²) in [5.41, 5.74) is 2.00. The van der Waals surface area contributed by atoms with Crippen LogP contribution in [0.1, 0.15) is 33.1 Å². The van der Waals surface area contributed by atoms with Gasteiger partial charge in [-0.1, -0.05) is 18.5 Å². The summed E-state index contributed by atoms with van der Waals surface area (Å²) in [5, 5.41) is 4.27. The van der Waals surface area contributed by atoms with Gasteiger partial charge in [-0.25, -0.2) is 13.2 Å². The number of hydrazine groups is 1. The minimum Gasteiger partial charge on any atom is -0.367 e. The molecule has 1 amide bonds. The highest BCUT2D eigenvalue weighted by atomic mass is 35.5. The van der Waals surface area contributed by atoms with Crippen LogP contribution in [0.4, 0.5) is 24.9 Å². The van der Waals surface area contributed by atoms with Crippen molar-refractivity contribution in [1.82, 2.24) is 15.4 Å². The Kier molecular flexibility index (Phi) is 5.93. The van der Waals surface area contributed by atoms with Gasteiger partial charge in [0, 0.05) is 31.1 Å². The lowest BCUT2D eigenvalue weighted by molar-refractivity contribution is -0.122. The lowest BCUT2D eigenvalue weighted by atomic mass is 10.1. The molecule has 2 aromatic rings. The molecule has 10 heteroatoms. The zero-order chi connectivity index (χ0) is 20.4. The van der Waals surface area contributed by atoms with E-state index in [4.69, 9.17) is 11.6 Å². The van der Waals surface area contributed by atoms with E-state index >= 15 is 0 Å². The van der Waals surface area contributed by atoms with Crippen LogP contribution in [0.5, 0.6) is 0 Å². The average molecular weight is 414 g/mol. The highest BCUT2D eigenvalue weighted by Crippen LogP contribution is 2.38. The maximum Gasteiger partial charge on any atom is 0.247 e. The number of rotatable bonds is 5. The fourth-order valence-corrected chi connectivity index (χ4v) is 3.06. The molecule has 150 valence electrons. The van der Waals surface area contributed by atoms with E-state index < -0.39 is 23.0 Å². The van der Waals surface area contributed by atoms with Gasteiger partial charge in [0.1, 0.15) is 28.4 Å². The first-order valence-corrected chi connectivity index (χ1v) is 9.24. The Morgan fingerprint density at radius 3 is 2.54 bits per heavy atom. The van der Waals surface area contributed by atoms with Crippen molar-refractivity contribution in [2.75, 3.05) is 16.9 Å². The molecule has 0 aliphatic carbocycles. The van der Waals surface area contributed by atoms with Crippen molar-refractivity contribution >= 4 is 29.3 Å². The zero-order valence-electron chi connectivity index (χ0n) is 15.3. The number of nitrogens with one attached hydrogen (secondary N) is 2. The van der Waals surface area contributed by atoms with Crippen LogP contribution < -0.4 is 15.8 Å². The molecule has 1 atom stereocenters. The quantitative estimate of drug-likeness (QED) is 0.723. The molecule has 1 aromatic heterocycles. The molecule has 2 heterocycles. The van der Waals surface area contributed by atoms with Gasteiger partial charge in [0.2, 0.25) is 11.9 Å². The Bertz CT molecular complexity index is 888. The number of carbonyl (C=O) groups is 1. The fourth-order valence-electron chi connectivity index (χ4n) is 2.80. The maximum absolute atomic E-state index is 14.4. The summed E-state index contributed by atoms with van der Waals surface area (Å²) in [6.07, 6.45) is 1.68. The van der Waals surface area contributed by atoms with E-state index in [0.29, 0.717) is 37.9 Å². The standard InChI is InChI=1S/C18H19ClF3N5O/c1-3-9(2)23-17-15(14-11(21)7-10(20)8-12(14)22)16(19)24-18(25-17)27-6-4-5-13(28)26-27/h7-9H,3-6H2,1-2H3,(H,26,28)(H,23,24,25). The molecular weight excluding hydrogens is 395 g/mol. The summed E-state index contributed by atoms with van der Waals surface area (Å²) in [6.45, 7) is 4.24. The molecule has 28 heavy (non-hydrogen) atoms. The van der Waals surface area contributed by atoms with Crippen LogP contribution in [0.3, 0.4) is 0 Å². The van der Waals surface area contributed by atoms with E-state index in [0.717, 1.165) is 0 Å². The van der Waals surface area contributed by atoms with Crippen molar-refractivity contribution < 1.29 is 18.0 Å². The van der Waals surface area contributed by atoms with E-state index in [1.54, 1.807) is 0 Å². The third-order valence-electron chi connectivity index (χ3n) is 4.39. The molecule has 3 rings (SSSR count). The highest BCUT2D eigenvalue weighted by molar-refractivity contribution is 6.32. The van der Waals surface area contributed by atoms with Crippen molar-refractivity contribution in [2.45, 2.75) is 39.2 Å². The first-order chi connectivity index (χ1) is 13.3. The van der Waals surface area contributed by atoms with Gasteiger partial charge in [0.15, 0.2) is 0 Å². The molecule has 0 saturated carbocycles. The molecule has 1 unspecified atom stereocenters. The van der Waals surface area contributed by atoms with Crippen LogP contribution in [0.15, 0.2) is 12.1 Å². The number of aromatic nitrogens is 2. The normalized spacial score (nSPS) is 15.4. The Labute approximate surface area is 165 Å². The minimum absolute atomic E-state index is 0.0913. The first-order valence-electron chi connectivity index (χ1n) is 8.86. The summed E-state index contributed by atoms with van der Waals surface area (Å²) in [4.78, 5) is 20.1. The van der Waals surface area contributed by atoms with Gasteiger partial charge in [0.05, 0.1) is 11.1 Å². The second-order valence-corrected chi connectivity index (χ2v) is 6.88. The second kappa shape index (κ2) is 8.22. The van der Waals surface area contributed by atoms with Crippen molar-refractivity contribution in [3.05, 3.63) is 34.7 Å². The van der Waals surface area contributed by atoms with Crippen LogP contribution in [0.25, 0.3) is 11.1 Å². The third-order valence-corrected chi connectivity index (χ3v) is 4.67. The van der Waals surface area contributed by atoms with E-state index in [2.05, 4.69) is 20.7 Å². The predicted molar refractivity (Wildman–Crippen MR) is 100 cm³/mol. The van der Waals surface area contributed by atoms with E-state index in [9.17, 15) is 18.0 Å². The molecule has 0 bridgehead atoms. The molecule has 1 aliphatic heterocycles. The zero-order valence-corrected chi connectivity index (χ0v) is 16.1. The van der Waals surface area contributed by atoms with E-state index in [-0.39, 0.29) is 34.4 Å². The van der Waals surface area contributed by atoms with Crippen molar-refractivity contribution in [1.29, 1.82) is 0 Å². The van der Waals surface area contributed by atoms with Gasteiger partial charge < -0.3 is 5.32 Å². The Morgan fingerprint density at radius 1 is 1.25 bits per heavy atom. The lowest BCUT2D eigenvalue weighted by Crippen LogP contribution is -2.47. The Morgan fingerprint density at radius 2 is 1.93 bits per heavy atom. The highest BCUT2D eigenvalue weighted by Gasteiger charge is 2.26. The smallest absolute Gasteiger partial charge is 0.247 e. The van der Waals surface area contributed by atoms with Crippen molar-refractivity contribution in [3.8, 4) is 11.1 Å². The average Bonchev–Trinajstić information content (AvgIpc) is 2.62. The first kappa shape index (κ1) is 20.2. The number of nitrogens with zero attached hydrogens (tertiary/aromatic N) is 3. The summed E-state index contributed by atoms with van der Waals surface area (Å²) in [6, 6.07) is 1.04. The number of amides is 1. The van der Waals surface area contributed by atoms with Crippen LogP contribution >= 0.6 is 11.6 Å². The Hall–Kier alpha value is -2.55. The van der Waals surface area contributed by atoms with E-state index in [1.165, 1.54) is 5.01 Å². The predicted octanol–water partition coefficient (Wildman–Crippen LogP) is 4.06. The third kappa shape index (κ3) is 4.14. The van der Waals surface area contributed by atoms with Crippen molar-refractivity contribution in [3.63, 3.8) is 0 Å². The molecule has 1 aliphatic rings. The number of hydrogen-bond acceptors (Lipinski definition) is 5. The summed E-state index contributed by atoms with van der Waals surface area (Å²) < 4.78 is 42.1. The topological polar surface area (TPSA) is 70.2 Å². The van der Waals surface area contributed by atoms with Gasteiger partial charge >= 0.3 is 0 Å². The number of benzene rings is 1. The monoisotopic (exact) mass is 413 g/mol. The van der Waals surface area contributed by atoms with Gasteiger partial charge in [-0.05, 0) is 19.8 Å². The van der Waals surface area contributed by atoms with E-state index in [1.807, 2.05) is 13.8 Å². The van der Waals surface area contributed by atoms with Gasteiger partial charge in [-0.2, -0.15) is 9.97 Å². The number of carbonyl (C=O) groups excluding carboxylic acids is 1. The molecule has 1 saturated heterocycles. The van der Waals surface area contributed by atoms with Crippen LogP contribution in [-0.2, 0) is 4.79 Å². The lowest BCUT2D eigenvalue weighted by Gasteiger charge is -2.28. The summed E-state index contributed by atoms with van der Waals surface area (Å²) in [5.74, 6) is -3.28. The van der Waals surface area contributed by atoms with Crippen LogP contribution in [-0.4, -0.2) is 28.5 Å². The molecule has 1 aromatic carbocycles. The van der Waals surface area contributed by atoms with Crippen LogP contribution in [0.2, 0.25) is 5.15 Å². The summed E-state index contributed by atoms with van der Waals surface area (Å²) >= 11 is 6.28. The number of halogens is 4. The molecule has 2 N–H and O–H groups in total. The van der Waals surface area contributed by atoms with Gasteiger partial charge in [-0.3, -0.25) is 15.2 Å². The molecule has 0 spiro atoms. The summed E-state index contributed by atoms with van der Waals surface area (Å²) in [7, 11) is 0. The van der Waals surface area contributed by atoms with Crippen molar-refractivity contribution in [2.24, 2.45) is 0 Å². The molecule has 0 radical (unpaired) electrons. The molecule has 1 fully saturated rings. The fraction of sp³-hybridized carbons (Fsp3) is 0.389. The maximum atomic E-state index is 14.4. The second-order valence-electron chi connectivity index (χ2n) is 6.53. The SMILES string of the molecule is CCC(C)Nc1nc(N2CCCC(=O)N2)nc(Cl)c1-c1c(F)cc(F)cc1F. The molecular formula is C18H19ClF3N5O. The minimum atomic E-state index is -1.12. The number of anilines is 2. The van der Waals surface area contributed by atoms with Gasteiger partial charge in [-0.15, -0.1) is 0 Å². The molecule has 6 nitrogen and oxygen atoms in total. The van der Waals surface area contributed by atoms with Crippen LogP contribution in [0, 0.1) is 17.5 Å². The number of hydrogen-bond donors (Lipinski definition) is 2. The Balaban J connectivity index is 2.15.